The Morgan fingerprint density at radius 2 is 1.87 bits per heavy atom. The predicted octanol–water partition coefficient (Wildman–Crippen LogP) is 3.40. The minimum absolute atomic E-state index is 0.726. The van der Waals surface area contributed by atoms with Crippen LogP contribution in [0.25, 0.3) is 0 Å². The van der Waals surface area contributed by atoms with Gasteiger partial charge in [0.05, 0.1) is 0 Å². The summed E-state index contributed by atoms with van der Waals surface area (Å²) < 4.78 is 0. The third-order valence-electron chi connectivity index (χ3n) is 2.68. The molecule has 0 fully saturated rings. The van der Waals surface area contributed by atoms with Crippen molar-refractivity contribution in [1.82, 2.24) is 0 Å². The molecule has 0 heterocycles. The summed E-state index contributed by atoms with van der Waals surface area (Å²) in [5.41, 5.74) is 3.47. The van der Waals surface area contributed by atoms with Gasteiger partial charge in [-0.05, 0) is 19.3 Å². The van der Waals surface area contributed by atoms with E-state index in [1.54, 1.807) is 0 Å². The molecular weight excluding hydrogens is 179 g/mol. The molecule has 0 aliphatic carbocycles. The highest BCUT2D eigenvalue weighted by molar-refractivity contribution is 6.34. The molecule has 0 aromatic heterocycles. The first kappa shape index (κ1) is 14.3. The monoisotopic (exact) mass is 202 g/mol. The lowest BCUT2D eigenvalue weighted by molar-refractivity contribution is 0.561. The molecule has 1 unspecified atom stereocenters. The van der Waals surface area contributed by atoms with Crippen molar-refractivity contribution >= 4 is 13.3 Å². The van der Waals surface area contributed by atoms with Crippen LogP contribution in [-0.4, -0.2) is 7.85 Å². The normalized spacial score (nSPS) is 11.5. The molecule has 0 aliphatic rings. The van der Waals surface area contributed by atoms with Gasteiger partial charge in [0.1, 0.15) is 7.85 Å². The molecule has 2 radical (unpaired) electrons. The molecule has 0 nitrogen and oxygen atoms in total. The molecule has 1 aromatic carbocycles. The molecule has 1 aromatic rings. The van der Waals surface area contributed by atoms with Gasteiger partial charge in [0, 0.05) is 0 Å². The molecule has 0 spiro atoms. The molecule has 0 saturated carbocycles. The summed E-state index contributed by atoms with van der Waals surface area (Å²) in [6.45, 7) is 10.5. The Hall–Kier alpha value is -0.715. The van der Waals surface area contributed by atoms with E-state index in [0.717, 1.165) is 17.8 Å². The van der Waals surface area contributed by atoms with Crippen LogP contribution >= 0.6 is 0 Å². The zero-order valence-electron chi connectivity index (χ0n) is 10.8. The molecule has 0 bridgehead atoms. The van der Waals surface area contributed by atoms with Crippen LogP contribution in [0, 0.1) is 12.8 Å². The molecule has 1 atom stereocenters. The lowest BCUT2D eigenvalue weighted by Gasteiger charge is -2.12. The van der Waals surface area contributed by atoms with Gasteiger partial charge in [0.25, 0.3) is 0 Å². The second kappa shape index (κ2) is 7.56. The van der Waals surface area contributed by atoms with Gasteiger partial charge in [-0.25, -0.2) is 0 Å². The van der Waals surface area contributed by atoms with Gasteiger partial charge in [-0.1, -0.05) is 68.9 Å². The quantitative estimate of drug-likeness (QED) is 0.659. The minimum atomic E-state index is 0.726. The average molecular weight is 202 g/mol. The van der Waals surface area contributed by atoms with Crippen molar-refractivity contribution in [2.24, 2.45) is 5.92 Å². The highest BCUT2D eigenvalue weighted by Gasteiger charge is 2.04. The number of benzene rings is 1. The van der Waals surface area contributed by atoms with E-state index in [9.17, 15) is 0 Å². The molecule has 1 heteroatoms. The topological polar surface area (TPSA) is 0 Å². The zero-order valence-corrected chi connectivity index (χ0v) is 10.8. The Balaban J connectivity index is 0.000000921. The van der Waals surface area contributed by atoms with Crippen LogP contribution in [0.4, 0.5) is 0 Å². The smallest absolute Gasteiger partial charge is 0.0907 e. The van der Waals surface area contributed by atoms with E-state index in [2.05, 4.69) is 39.0 Å². The van der Waals surface area contributed by atoms with Crippen LogP contribution in [0.3, 0.4) is 0 Å². The van der Waals surface area contributed by atoms with Gasteiger partial charge in [-0.2, -0.15) is 0 Å². The number of hydrogen-bond donors (Lipinski definition) is 0. The lowest BCUT2D eigenvalue weighted by Crippen LogP contribution is -2.16. The molecule has 15 heavy (non-hydrogen) atoms. The van der Waals surface area contributed by atoms with Crippen molar-refractivity contribution in [3.63, 3.8) is 0 Å². The maximum absolute atomic E-state index is 5.99. The van der Waals surface area contributed by atoms with E-state index in [1.807, 2.05) is 13.8 Å². The van der Waals surface area contributed by atoms with Crippen LogP contribution in [0.15, 0.2) is 18.2 Å². The van der Waals surface area contributed by atoms with Crippen LogP contribution in [0.2, 0.25) is 0 Å². The second-order valence-corrected chi connectivity index (χ2v) is 3.87. The predicted molar refractivity (Wildman–Crippen MR) is 71.1 cm³/mol. The van der Waals surface area contributed by atoms with Gasteiger partial charge in [0.2, 0.25) is 0 Å². The summed E-state index contributed by atoms with van der Waals surface area (Å²) in [5.74, 6) is 0.726. The Bertz CT molecular complexity index is 279. The first-order valence-electron chi connectivity index (χ1n) is 5.99. The van der Waals surface area contributed by atoms with E-state index < -0.39 is 0 Å². The van der Waals surface area contributed by atoms with Crippen LogP contribution in [-0.2, 0) is 6.42 Å². The third-order valence-corrected chi connectivity index (χ3v) is 2.68. The fourth-order valence-corrected chi connectivity index (χ4v) is 1.44. The summed E-state index contributed by atoms with van der Waals surface area (Å²) >= 11 is 0. The highest BCUT2D eigenvalue weighted by atomic mass is 14.1. The summed E-state index contributed by atoms with van der Waals surface area (Å²) in [6, 6.07) is 6.29. The Labute approximate surface area is 96.5 Å². The number of rotatable bonds is 3. The Morgan fingerprint density at radius 3 is 2.40 bits per heavy atom. The second-order valence-electron chi connectivity index (χ2n) is 3.87. The average Bonchev–Trinajstić information content (AvgIpc) is 2.27. The van der Waals surface area contributed by atoms with Gasteiger partial charge in [0.15, 0.2) is 0 Å². The van der Waals surface area contributed by atoms with E-state index in [4.69, 9.17) is 7.85 Å². The van der Waals surface area contributed by atoms with Crippen molar-refractivity contribution in [3.8, 4) is 0 Å². The fourth-order valence-electron chi connectivity index (χ4n) is 1.44. The first-order chi connectivity index (χ1) is 7.15. The van der Waals surface area contributed by atoms with Gasteiger partial charge < -0.3 is 0 Å². The Kier molecular flexibility index (Phi) is 7.20. The van der Waals surface area contributed by atoms with Gasteiger partial charge >= 0.3 is 0 Å². The van der Waals surface area contributed by atoms with E-state index in [-0.39, 0.29) is 0 Å². The third kappa shape index (κ3) is 4.55. The van der Waals surface area contributed by atoms with Crippen molar-refractivity contribution in [2.45, 2.75) is 47.5 Å². The van der Waals surface area contributed by atoms with E-state index in [1.165, 1.54) is 17.5 Å². The minimum Gasteiger partial charge on any atom is -0.0907 e. The molecule has 0 saturated heterocycles. The van der Waals surface area contributed by atoms with Crippen molar-refractivity contribution in [1.29, 1.82) is 0 Å². The van der Waals surface area contributed by atoms with E-state index in [0.29, 0.717) is 0 Å². The molecule has 0 N–H and O–H groups in total. The maximum Gasteiger partial charge on any atom is 0.114 e. The number of aryl methyl sites for hydroxylation is 1. The van der Waals surface area contributed by atoms with Crippen LogP contribution in [0.1, 0.15) is 45.2 Å². The Morgan fingerprint density at radius 1 is 1.27 bits per heavy atom. The van der Waals surface area contributed by atoms with Crippen LogP contribution in [0.5, 0.6) is 0 Å². The fraction of sp³-hybridized carbons (Fsp3) is 0.571. The van der Waals surface area contributed by atoms with Crippen molar-refractivity contribution in [2.75, 3.05) is 0 Å². The molecule has 82 valence electrons. The molecular formula is C14H23B. The maximum atomic E-state index is 5.99. The molecule has 0 amide bonds. The molecule has 0 aliphatic heterocycles. The summed E-state index contributed by atoms with van der Waals surface area (Å²) in [6.07, 6.45) is 2.32. The molecule has 1 rings (SSSR count). The summed E-state index contributed by atoms with van der Waals surface area (Å²) in [4.78, 5) is 0. The van der Waals surface area contributed by atoms with Crippen molar-refractivity contribution < 1.29 is 0 Å². The van der Waals surface area contributed by atoms with Gasteiger partial charge in [-0.15, -0.1) is 0 Å². The lowest BCUT2D eigenvalue weighted by atomic mass is 9.83. The summed E-state index contributed by atoms with van der Waals surface area (Å²) in [7, 11) is 5.99. The first-order valence-corrected chi connectivity index (χ1v) is 5.99. The van der Waals surface area contributed by atoms with Crippen molar-refractivity contribution in [3.05, 3.63) is 29.3 Å². The standard InChI is InChI=1S/C12H17B.C2H6/c1-4-9(2)8-11-7-5-6-10(3)12(11)13;1-2/h5-7,9H,4,8H2,1-3H3;1-2H3. The highest BCUT2D eigenvalue weighted by Crippen LogP contribution is 2.10. The van der Waals surface area contributed by atoms with Gasteiger partial charge in [-0.3, -0.25) is 0 Å². The zero-order chi connectivity index (χ0) is 11.8. The van der Waals surface area contributed by atoms with E-state index >= 15 is 0 Å². The number of hydrogen-bond acceptors (Lipinski definition) is 0. The SMILES string of the molecule is CC.[B]c1c(C)cccc1CC(C)CC. The van der Waals surface area contributed by atoms with Crippen LogP contribution < -0.4 is 5.46 Å². The largest absolute Gasteiger partial charge is 0.114 e. The summed E-state index contributed by atoms with van der Waals surface area (Å²) in [5, 5.41) is 0.